The van der Waals surface area contributed by atoms with E-state index < -0.39 is 5.41 Å². The number of carbonyl (C=O) groups is 1. The number of aromatic nitrogens is 2. The van der Waals surface area contributed by atoms with Crippen LogP contribution in [0.3, 0.4) is 0 Å². The van der Waals surface area contributed by atoms with Crippen LogP contribution in [-0.4, -0.2) is 16.0 Å². The summed E-state index contributed by atoms with van der Waals surface area (Å²) in [5.74, 6) is 0.952. The number of allylic oxidation sites excluding steroid dienone is 2. The molecule has 0 fully saturated rings. The van der Waals surface area contributed by atoms with Crippen LogP contribution in [0.1, 0.15) is 50.4 Å². The maximum Gasteiger partial charge on any atom is 0.187 e. The highest BCUT2D eigenvalue weighted by molar-refractivity contribution is 6.03. The van der Waals surface area contributed by atoms with E-state index in [1.165, 1.54) is 0 Å². The molecule has 5 nitrogen and oxygen atoms in total. The molecule has 0 unspecified atom stereocenters. The quantitative estimate of drug-likeness (QED) is 0.739. The van der Waals surface area contributed by atoms with E-state index in [0.29, 0.717) is 12.1 Å². The number of ketones is 1. The molecular formula is C21H22N4O. The number of carbonyl (C=O) groups excluding carboxylic acids is 1. The van der Waals surface area contributed by atoms with Crippen molar-refractivity contribution in [3.05, 3.63) is 63.8 Å². The van der Waals surface area contributed by atoms with Crippen LogP contribution in [0.4, 0.5) is 11.5 Å². The topological polar surface area (TPSA) is 62.1 Å². The summed E-state index contributed by atoms with van der Waals surface area (Å²) in [6.07, 6.45) is 1.33. The molecule has 2 aromatic rings. The maximum atomic E-state index is 13.2. The van der Waals surface area contributed by atoms with Crippen molar-refractivity contribution in [1.29, 1.82) is 0 Å². The summed E-state index contributed by atoms with van der Waals surface area (Å²) in [4.78, 5) is 16.8. The number of hydrogen-bond acceptors (Lipinski definition) is 3. The predicted molar refractivity (Wildman–Crippen MR) is 101 cm³/mol. The van der Waals surface area contributed by atoms with Crippen LogP contribution in [0, 0.1) is 18.9 Å². The molecule has 2 N–H and O–H groups in total. The zero-order valence-electron chi connectivity index (χ0n) is 15.5. The fourth-order valence-electron chi connectivity index (χ4n) is 4.58. The van der Waals surface area contributed by atoms with Crippen LogP contribution in [0.25, 0.3) is 4.85 Å². The Morgan fingerprint density at radius 1 is 1.23 bits per heavy atom. The van der Waals surface area contributed by atoms with E-state index in [-0.39, 0.29) is 11.2 Å². The maximum absolute atomic E-state index is 13.2. The standard InChI is InChI=1S/C21H22N4O/c1-12-17-19(25-24-12)23-15-10-20(2,3)11-16(26)18(15)21(17,4)13-7-6-8-14(9-13)22-5/h6-9H,10-11H2,1-4H3,(H2,23,24,25)/t21-/m1/s1. The van der Waals surface area contributed by atoms with Gasteiger partial charge in [0.05, 0.1) is 12.0 Å². The van der Waals surface area contributed by atoms with Gasteiger partial charge in [0.25, 0.3) is 0 Å². The minimum atomic E-state index is -0.624. The van der Waals surface area contributed by atoms with Crippen LogP contribution < -0.4 is 5.32 Å². The van der Waals surface area contributed by atoms with Crippen molar-refractivity contribution >= 4 is 17.3 Å². The molecule has 132 valence electrons. The Hall–Kier alpha value is -2.87. The van der Waals surface area contributed by atoms with E-state index in [0.717, 1.165) is 40.3 Å². The fourth-order valence-corrected chi connectivity index (χ4v) is 4.58. The number of anilines is 1. The summed E-state index contributed by atoms with van der Waals surface area (Å²) < 4.78 is 0. The normalized spacial score (nSPS) is 23.7. The molecule has 1 aliphatic carbocycles. The third-order valence-corrected chi connectivity index (χ3v) is 5.64. The van der Waals surface area contributed by atoms with E-state index in [4.69, 9.17) is 6.57 Å². The van der Waals surface area contributed by atoms with E-state index >= 15 is 0 Å². The van der Waals surface area contributed by atoms with Gasteiger partial charge in [-0.1, -0.05) is 38.1 Å². The van der Waals surface area contributed by atoms with Crippen molar-refractivity contribution < 1.29 is 4.79 Å². The SMILES string of the molecule is [C-]#[N+]c1cccc([C@@]2(C)C3=C(CC(C)(C)CC3=O)Nc3n[nH]c(C)c32)c1. The molecule has 0 saturated heterocycles. The number of Topliss-reactive ketones (excluding diaryl/α,β-unsaturated/α-hetero) is 1. The number of nitrogens with zero attached hydrogens (tertiary/aromatic N) is 2. The van der Waals surface area contributed by atoms with Crippen LogP contribution in [0.5, 0.6) is 0 Å². The zero-order chi connectivity index (χ0) is 18.7. The summed E-state index contributed by atoms with van der Waals surface area (Å²) in [6, 6.07) is 7.59. The summed E-state index contributed by atoms with van der Waals surface area (Å²) in [7, 11) is 0. The Bertz CT molecular complexity index is 1010. The highest BCUT2D eigenvalue weighted by Crippen LogP contribution is 2.53. The van der Waals surface area contributed by atoms with Crippen molar-refractivity contribution in [1.82, 2.24) is 10.2 Å². The van der Waals surface area contributed by atoms with Crippen molar-refractivity contribution in [3.8, 4) is 0 Å². The Morgan fingerprint density at radius 3 is 2.73 bits per heavy atom. The molecule has 5 heteroatoms. The molecule has 0 saturated carbocycles. The number of nitrogens with one attached hydrogen (secondary N) is 2. The summed E-state index contributed by atoms with van der Waals surface area (Å²) in [5, 5.41) is 10.9. The average Bonchev–Trinajstić information content (AvgIpc) is 2.94. The first kappa shape index (κ1) is 16.6. The van der Waals surface area contributed by atoms with Gasteiger partial charge in [0.15, 0.2) is 17.3 Å². The molecule has 1 aliphatic heterocycles. The number of benzene rings is 1. The number of fused-ring (bicyclic) bond motifs is 1. The molecule has 1 aromatic carbocycles. The van der Waals surface area contributed by atoms with Crippen molar-refractivity contribution in [2.24, 2.45) is 5.41 Å². The van der Waals surface area contributed by atoms with Crippen LogP contribution in [-0.2, 0) is 10.2 Å². The van der Waals surface area contributed by atoms with E-state index in [1.54, 1.807) is 6.07 Å². The lowest BCUT2D eigenvalue weighted by Gasteiger charge is -2.43. The number of aryl methyl sites for hydroxylation is 1. The van der Waals surface area contributed by atoms with Crippen molar-refractivity contribution in [3.63, 3.8) is 0 Å². The molecule has 2 aliphatic rings. The summed E-state index contributed by atoms with van der Waals surface area (Å²) >= 11 is 0. The molecule has 1 atom stereocenters. The first-order valence-corrected chi connectivity index (χ1v) is 8.83. The van der Waals surface area contributed by atoms with Crippen molar-refractivity contribution in [2.45, 2.75) is 46.0 Å². The Morgan fingerprint density at radius 2 is 2.00 bits per heavy atom. The van der Waals surface area contributed by atoms with Gasteiger partial charge in [-0.05, 0) is 31.2 Å². The second-order valence-electron chi connectivity index (χ2n) is 8.28. The van der Waals surface area contributed by atoms with E-state index in [1.807, 2.05) is 25.1 Å². The first-order chi connectivity index (χ1) is 12.3. The first-order valence-electron chi connectivity index (χ1n) is 8.83. The largest absolute Gasteiger partial charge is 0.342 e. The van der Waals surface area contributed by atoms with Gasteiger partial charge in [-0.2, -0.15) is 5.10 Å². The number of hydrogen-bond donors (Lipinski definition) is 2. The van der Waals surface area contributed by atoms with Crippen LogP contribution in [0.15, 0.2) is 35.5 Å². The fraction of sp³-hybridized carbons (Fsp3) is 0.381. The van der Waals surface area contributed by atoms with Gasteiger partial charge >= 0.3 is 0 Å². The minimum absolute atomic E-state index is 0.0783. The highest BCUT2D eigenvalue weighted by atomic mass is 16.1. The molecule has 1 aromatic heterocycles. The third kappa shape index (κ3) is 2.22. The second-order valence-corrected chi connectivity index (χ2v) is 8.28. The van der Waals surface area contributed by atoms with Crippen LogP contribution in [0.2, 0.25) is 0 Å². The predicted octanol–water partition coefficient (Wildman–Crippen LogP) is 4.64. The number of H-pyrrole nitrogens is 1. The number of aromatic amines is 1. The van der Waals surface area contributed by atoms with Gasteiger partial charge in [-0.15, -0.1) is 0 Å². The van der Waals surface area contributed by atoms with Gasteiger partial charge in [0, 0.05) is 28.9 Å². The third-order valence-electron chi connectivity index (χ3n) is 5.64. The lowest BCUT2D eigenvalue weighted by molar-refractivity contribution is -0.118. The van der Waals surface area contributed by atoms with E-state index in [2.05, 4.69) is 41.1 Å². The average molecular weight is 346 g/mol. The molecular weight excluding hydrogens is 324 g/mol. The smallest absolute Gasteiger partial charge is 0.187 e. The number of rotatable bonds is 1. The molecule has 26 heavy (non-hydrogen) atoms. The lowest BCUT2D eigenvalue weighted by Crippen LogP contribution is -2.42. The van der Waals surface area contributed by atoms with Gasteiger partial charge in [0.2, 0.25) is 0 Å². The Balaban J connectivity index is 2.03. The highest BCUT2D eigenvalue weighted by Gasteiger charge is 2.49. The monoisotopic (exact) mass is 346 g/mol. The molecule has 0 bridgehead atoms. The summed E-state index contributed by atoms with van der Waals surface area (Å²) in [5.41, 5.74) is 4.54. The molecule has 0 radical (unpaired) electrons. The summed E-state index contributed by atoms with van der Waals surface area (Å²) in [6.45, 7) is 15.7. The zero-order valence-corrected chi connectivity index (χ0v) is 15.5. The Kier molecular flexibility index (Phi) is 3.39. The minimum Gasteiger partial charge on any atom is -0.342 e. The van der Waals surface area contributed by atoms with Gasteiger partial charge in [-0.3, -0.25) is 9.89 Å². The van der Waals surface area contributed by atoms with Gasteiger partial charge in [0.1, 0.15) is 0 Å². The lowest BCUT2D eigenvalue weighted by atomic mass is 9.61. The van der Waals surface area contributed by atoms with E-state index in [9.17, 15) is 4.79 Å². The van der Waals surface area contributed by atoms with Crippen molar-refractivity contribution in [2.75, 3.05) is 5.32 Å². The van der Waals surface area contributed by atoms with Gasteiger partial charge in [-0.25, -0.2) is 4.85 Å². The molecule has 4 rings (SSSR count). The Labute approximate surface area is 153 Å². The molecule has 0 amide bonds. The van der Waals surface area contributed by atoms with Gasteiger partial charge < -0.3 is 5.32 Å². The second kappa shape index (κ2) is 5.31. The molecule has 0 spiro atoms. The molecule has 2 heterocycles. The van der Waals surface area contributed by atoms with Crippen LogP contribution >= 0.6 is 0 Å².